The molecule has 0 amide bonds. The van der Waals surface area contributed by atoms with E-state index in [1.54, 1.807) is 0 Å². The number of aromatic amines is 1. The molecule has 0 fully saturated rings. The summed E-state index contributed by atoms with van der Waals surface area (Å²) < 4.78 is 5.11. The van der Waals surface area contributed by atoms with Gasteiger partial charge in [0.15, 0.2) is 5.58 Å². The molecule has 1 aromatic heterocycles. The van der Waals surface area contributed by atoms with Crippen molar-refractivity contribution in [3.63, 3.8) is 0 Å². The fourth-order valence-corrected chi connectivity index (χ4v) is 2.31. The van der Waals surface area contributed by atoms with E-state index in [0.717, 1.165) is 23.9 Å². The van der Waals surface area contributed by atoms with Gasteiger partial charge in [-0.15, -0.1) is 0 Å². The molecule has 0 spiro atoms. The Morgan fingerprint density at radius 2 is 2.11 bits per heavy atom. The first kappa shape index (κ1) is 13.8. The summed E-state index contributed by atoms with van der Waals surface area (Å²) in [6.07, 6.45) is 1.93. The first-order valence-corrected chi connectivity index (χ1v) is 6.52. The van der Waals surface area contributed by atoms with E-state index in [2.05, 4.69) is 9.88 Å². The lowest BCUT2D eigenvalue weighted by atomic mass is 9.99. The molecule has 5 nitrogen and oxygen atoms in total. The van der Waals surface area contributed by atoms with Crippen molar-refractivity contribution in [2.45, 2.75) is 31.8 Å². The summed E-state index contributed by atoms with van der Waals surface area (Å²) in [6.45, 7) is 2.01. The van der Waals surface area contributed by atoms with Gasteiger partial charge >= 0.3 is 5.76 Å². The Hall–Kier alpha value is -1.59. The SMILES string of the molecule is CC(N)CCC(c1ccc2[nH]c(=O)oc2c1)N(C)C. The van der Waals surface area contributed by atoms with E-state index in [0.29, 0.717) is 5.58 Å². The molecule has 0 radical (unpaired) electrons. The molecule has 0 saturated carbocycles. The average Bonchev–Trinajstić information content (AvgIpc) is 2.67. The van der Waals surface area contributed by atoms with Crippen LogP contribution < -0.4 is 11.5 Å². The summed E-state index contributed by atoms with van der Waals surface area (Å²) in [5.41, 5.74) is 8.31. The van der Waals surface area contributed by atoms with Gasteiger partial charge in [-0.05, 0) is 51.6 Å². The predicted octanol–water partition coefficient (Wildman–Crippen LogP) is 1.85. The molecule has 2 aromatic rings. The van der Waals surface area contributed by atoms with Crippen molar-refractivity contribution in [2.75, 3.05) is 14.1 Å². The van der Waals surface area contributed by atoms with Gasteiger partial charge in [0.1, 0.15) is 0 Å². The van der Waals surface area contributed by atoms with Crippen LogP contribution in [0.15, 0.2) is 27.4 Å². The number of aromatic nitrogens is 1. The average molecular weight is 263 g/mol. The molecule has 0 aliphatic heterocycles. The third-order valence-electron chi connectivity index (χ3n) is 3.35. The number of nitrogens with zero attached hydrogens (tertiary/aromatic N) is 1. The minimum atomic E-state index is -0.413. The second-order valence-electron chi connectivity index (χ2n) is 5.30. The lowest BCUT2D eigenvalue weighted by Crippen LogP contribution is -2.23. The molecular weight excluding hydrogens is 242 g/mol. The van der Waals surface area contributed by atoms with E-state index >= 15 is 0 Å². The predicted molar refractivity (Wildman–Crippen MR) is 76.1 cm³/mol. The van der Waals surface area contributed by atoms with Crippen LogP contribution in [0.1, 0.15) is 31.4 Å². The minimum absolute atomic E-state index is 0.191. The van der Waals surface area contributed by atoms with Crippen LogP contribution in [-0.4, -0.2) is 30.0 Å². The number of hydrogen-bond acceptors (Lipinski definition) is 4. The van der Waals surface area contributed by atoms with Gasteiger partial charge in [-0.3, -0.25) is 4.98 Å². The molecule has 3 N–H and O–H groups in total. The van der Waals surface area contributed by atoms with E-state index in [4.69, 9.17) is 10.2 Å². The smallest absolute Gasteiger partial charge is 0.408 e. The highest BCUT2D eigenvalue weighted by Gasteiger charge is 2.16. The van der Waals surface area contributed by atoms with Gasteiger partial charge in [0.25, 0.3) is 0 Å². The van der Waals surface area contributed by atoms with Crippen molar-refractivity contribution in [3.05, 3.63) is 34.3 Å². The lowest BCUT2D eigenvalue weighted by molar-refractivity contribution is 0.275. The van der Waals surface area contributed by atoms with E-state index in [9.17, 15) is 4.79 Å². The maximum atomic E-state index is 11.2. The molecule has 0 saturated heterocycles. The Bertz CT molecular complexity index is 598. The zero-order valence-corrected chi connectivity index (χ0v) is 11.6. The third-order valence-corrected chi connectivity index (χ3v) is 3.35. The standard InChI is InChI=1S/C14H21N3O2/c1-9(15)4-7-12(17(2)3)10-5-6-11-13(8-10)19-14(18)16-11/h5-6,8-9,12H,4,7,15H2,1-3H3,(H,16,18). The van der Waals surface area contributed by atoms with Gasteiger partial charge in [-0.25, -0.2) is 4.79 Å². The highest BCUT2D eigenvalue weighted by Crippen LogP contribution is 2.26. The van der Waals surface area contributed by atoms with Gasteiger partial charge in [-0.2, -0.15) is 0 Å². The van der Waals surface area contributed by atoms with Crippen LogP contribution in [0.3, 0.4) is 0 Å². The van der Waals surface area contributed by atoms with Gasteiger partial charge in [-0.1, -0.05) is 6.07 Å². The molecule has 0 aliphatic rings. The molecule has 5 heteroatoms. The van der Waals surface area contributed by atoms with Crippen molar-refractivity contribution in [1.29, 1.82) is 0 Å². The van der Waals surface area contributed by atoms with Gasteiger partial charge in [0.05, 0.1) is 5.52 Å². The number of benzene rings is 1. The Morgan fingerprint density at radius 1 is 1.37 bits per heavy atom. The van der Waals surface area contributed by atoms with Crippen LogP contribution in [0.2, 0.25) is 0 Å². The molecule has 104 valence electrons. The zero-order valence-electron chi connectivity index (χ0n) is 11.6. The van der Waals surface area contributed by atoms with Crippen molar-refractivity contribution in [2.24, 2.45) is 5.73 Å². The number of rotatable bonds is 5. The fraction of sp³-hybridized carbons (Fsp3) is 0.500. The lowest BCUT2D eigenvalue weighted by Gasteiger charge is -2.25. The monoisotopic (exact) mass is 263 g/mol. The Kier molecular flexibility index (Phi) is 4.07. The number of nitrogens with two attached hydrogens (primary N) is 1. The highest BCUT2D eigenvalue weighted by molar-refractivity contribution is 5.72. The maximum Gasteiger partial charge on any atom is 0.417 e. The summed E-state index contributed by atoms with van der Waals surface area (Å²) in [5.74, 6) is -0.413. The van der Waals surface area contributed by atoms with Gasteiger partial charge in [0, 0.05) is 12.1 Å². The van der Waals surface area contributed by atoms with E-state index in [1.807, 2.05) is 39.2 Å². The topological polar surface area (TPSA) is 75.3 Å². The van der Waals surface area contributed by atoms with Gasteiger partial charge in [0.2, 0.25) is 0 Å². The summed E-state index contributed by atoms with van der Waals surface area (Å²) in [4.78, 5) is 16.0. The van der Waals surface area contributed by atoms with Gasteiger partial charge < -0.3 is 15.1 Å². The van der Waals surface area contributed by atoms with Crippen molar-refractivity contribution in [1.82, 2.24) is 9.88 Å². The molecule has 0 bridgehead atoms. The van der Waals surface area contributed by atoms with Crippen LogP contribution in [-0.2, 0) is 0 Å². The van der Waals surface area contributed by atoms with Crippen LogP contribution in [0.5, 0.6) is 0 Å². The number of oxazole rings is 1. The molecule has 2 atom stereocenters. The van der Waals surface area contributed by atoms with E-state index in [1.165, 1.54) is 0 Å². The molecule has 0 aliphatic carbocycles. The van der Waals surface area contributed by atoms with Crippen molar-refractivity contribution < 1.29 is 4.42 Å². The van der Waals surface area contributed by atoms with Crippen molar-refractivity contribution >= 4 is 11.1 Å². The number of nitrogens with one attached hydrogen (secondary N) is 1. The summed E-state index contributed by atoms with van der Waals surface area (Å²) >= 11 is 0. The highest BCUT2D eigenvalue weighted by atomic mass is 16.4. The number of H-pyrrole nitrogens is 1. The van der Waals surface area contributed by atoms with E-state index < -0.39 is 5.76 Å². The Balaban J connectivity index is 2.30. The Morgan fingerprint density at radius 3 is 2.74 bits per heavy atom. The summed E-state index contributed by atoms with van der Waals surface area (Å²) in [6, 6.07) is 6.31. The van der Waals surface area contributed by atoms with Crippen LogP contribution >= 0.6 is 0 Å². The second-order valence-corrected chi connectivity index (χ2v) is 5.30. The minimum Gasteiger partial charge on any atom is -0.408 e. The normalized spacial score (nSPS) is 15.0. The molecule has 1 heterocycles. The quantitative estimate of drug-likeness (QED) is 0.863. The molecule has 2 rings (SSSR count). The first-order valence-electron chi connectivity index (χ1n) is 6.52. The van der Waals surface area contributed by atoms with Crippen LogP contribution in [0.25, 0.3) is 11.1 Å². The first-order chi connectivity index (χ1) is 8.97. The number of hydrogen-bond donors (Lipinski definition) is 2. The summed E-state index contributed by atoms with van der Waals surface area (Å²) in [7, 11) is 4.09. The second kappa shape index (κ2) is 5.59. The molecular formula is C14H21N3O2. The largest absolute Gasteiger partial charge is 0.417 e. The van der Waals surface area contributed by atoms with E-state index in [-0.39, 0.29) is 12.1 Å². The Labute approximate surface area is 112 Å². The summed E-state index contributed by atoms with van der Waals surface area (Å²) in [5, 5.41) is 0. The fourth-order valence-electron chi connectivity index (χ4n) is 2.31. The zero-order chi connectivity index (χ0) is 14.0. The molecule has 2 unspecified atom stereocenters. The molecule has 1 aromatic carbocycles. The van der Waals surface area contributed by atoms with Crippen molar-refractivity contribution in [3.8, 4) is 0 Å². The maximum absolute atomic E-state index is 11.2. The van der Waals surface area contributed by atoms with Crippen LogP contribution in [0, 0.1) is 0 Å². The third kappa shape index (κ3) is 3.24. The number of fused-ring (bicyclic) bond motifs is 1. The molecule has 19 heavy (non-hydrogen) atoms. The van der Waals surface area contributed by atoms with Crippen LogP contribution in [0.4, 0.5) is 0 Å².